The molecule has 0 fully saturated rings. The van der Waals surface area contributed by atoms with Crippen LogP contribution >= 0.6 is 0 Å². The minimum Gasteiger partial charge on any atom is -0.237 e. The molecule has 0 aliphatic carbocycles. The van der Waals surface area contributed by atoms with E-state index >= 15 is 0 Å². The molecular weight excluding hydrogens is 593 g/mol. The van der Waals surface area contributed by atoms with E-state index in [1.54, 1.807) is 0 Å². The second kappa shape index (κ2) is 12.0. The van der Waals surface area contributed by atoms with Crippen LogP contribution in [0.15, 0.2) is 170 Å². The summed E-state index contributed by atoms with van der Waals surface area (Å²) in [5.41, 5.74) is 9.57. The van der Waals surface area contributed by atoms with Crippen LogP contribution in [-0.4, -0.2) is 9.97 Å². The Morgan fingerprint density at radius 1 is 0.408 bits per heavy atom. The molecule has 49 heavy (non-hydrogen) atoms. The molecule has 0 N–H and O–H groups in total. The molecule has 0 atom stereocenters. The SMILES string of the molecule is C/C=C\c1cccc2ccc3ccc(-c4ccc(-c5ccc(-c6c7ccccc7c(-c7ncccn7)c7ccccc67)cc5)cc4)cc3c12. The van der Waals surface area contributed by atoms with Crippen molar-refractivity contribution in [3.63, 3.8) is 0 Å². The van der Waals surface area contributed by atoms with Gasteiger partial charge in [0.15, 0.2) is 5.82 Å². The van der Waals surface area contributed by atoms with Gasteiger partial charge in [0, 0.05) is 18.0 Å². The highest BCUT2D eigenvalue weighted by molar-refractivity contribution is 6.20. The summed E-state index contributed by atoms with van der Waals surface area (Å²) in [5.74, 6) is 0.746. The molecule has 2 heteroatoms. The lowest BCUT2D eigenvalue weighted by atomic mass is 9.87. The highest BCUT2D eigenvalue weighted by Crippen LogP contribution is 2.43. The molecule has 9 rings (SSSR count). The smallest absolute Gasteiger partial charge is 0.160 e. The standard InChI is InChI=1S/C47H32N2/c1-2-9-35-10-7-11-36-26-22-34-23-27-38(30-43(34)44(35)36)33-18-16-31(17-19-33)32-20-24-37(25-21-32)45-39-12-3-5-14-41(39)46(47-48-28-8-29-49-47)42-15-6-4-13-40(42)45/h2-30H,1H3/b9-2-. The number of fused-ring (bicyclic) bond motifs is 5. The number of nitrogens with zero attached hydrogens (tertiary/aromatic N) is 2. The van der Waals surface area contributed by atoms with Gasteiger partial charge in [-0.15, -0.1) is 0 Å². The minimum absolute atomic E-state index is 0.746. The third kappa shape index (κ3) is 4.97. The van der Waals surface area contributed by atoms with Crippen LogP contribution in [0, 0.1) is 0 Å². The van der Waals surface area contributed by atoms with Crippen molar-refractivity contribution in [2.24, 2.45) is 0 Å². The maximum atomic E-state index is 4.64. The van der Waals surface area contributed by atoms with Gasteiger partial charge in [0.05, 0.1) is 0 Å². The van der Waals surface area contributed by atoms with Gasteiger partial charge >= 0.3 is 0 Å². The van der Waals surface area contributed by atoms with Gasteiger partial charge < -0.3 is 0 Å². The van der Waals surface area contributed by atoms with Crippen LogP contribution < -0.4 is 0 Å². The number of rotatable bonds is 5. The number of allylic oxidation sites excluding steroid dienone is 1. The van der Waals surface area contributed by atoms with Gasteiger partial charge in [0.2, 0.25) is 0 Å². The second-order valence-corrected chi connectivity index (χ2v) is 12.5. The van der Waals surface area contributed by atoms with E-state index in [0.717, 1.165) is 22.2 Å². The van der Waals surface area contributed by atoms with Crippen molar-refractivity contribution in [3.8, 4) is 44.8 Å². The van der Waals surface area contributed by atoms with E-state index in [4.69, 9.17) is 0 Å². The summed E-state index contributed by atoms with van der Waals surface area (Å²) in [6, 6.07) is 54.9. The van der Waals surface area contributed by atoms with Crippen LogP contribution in [0.25, 0.3) is 93.9 Å². The second-order valence-electron chi connectivity index (χ2n) is 12.5. The molecule has 0 amide bonds. The first-order valence-electron chi connectivity index (χ1n) is 16.8. The first kappa shape index (κ1) is 28.8. The predicted octanol–water partition coefficient (Wildman–Crippen LogP) is 12.8. The normalized spacial score (nSPS) is 11.7. The summed E-state index contributed by atoms with van der Waals surface area (Å²) >= 11 is 0. The maximum Gasteiger partial charge on any atom is 0.160 e. The van der Waals surface area contributed by atoms with Crippen molar-refractivity contribution in [1.29, 1.82) is 0 Å². The Bertz CT molecular complexity index is 2630. The fraction of sp³-hybridized carbons (Fsp3) is 0.0213. The summed E-state index contributed by atoms with van der Waals surface area (Å²) in [7, 11) is 0. The van der Waals surface area contributed by atoms with Gasteiger partial charge in [-0.1, -0.05) is 152 Å². The molecule has 0 saturated carbocycles. The van der Waals surface area contributed by atoms with Crippen LogP contribution in [0.5, 0.6) is 0 Å². The van der Waals surface area contributed by atoms with Crippen molar-refractivity contribution in [2.75, 3.05) is 0 Å². The van der Waals surface area contributed by atoms with Crippen LogP contribution in [0.4, 0.5) is 0 Å². The van der Waals surface area contributed by atoms with E-state index in [1.165, 1.54) is 71.3 Å². The third-order valence-electron chi connectivity index (χ3n) is 9.69. The predicted molar refractivity (Wildman–Crippen MR) is 209 cm³/mol. The van der Waals surface area contributed by atoms with Crippen LogP contribution in [0.1, 0.15) is 12.5 Å². The molecule has 0 aliphatic heterocycles. The van der Waals surface area contributed by atoms with Gasteiger partial charge in [-0.05, 0) is 101 Å². The topological polar surface area (TPSA) is 25.8 Å². The minimum atomic E-state index is 0.746. The van der Waals surface area contributed by atoms with Gasteiger partial charge in [-0.2, -0.15) is 0 Å². The summed E-state index contributed by atoms with van der Waals surface area (Å²) in [5, 5.41) is 9.81. The summed E-state index contributed by atoms with van der Waals surface area (Å²) in [4.78, 5) is 9.29. The summed E-state index contributed by atoms with van der Waals surface area (Å²) in [6.45, 7) is 2.08. The number of aromatic nitrogens is 2. The van der Waals surface area contributed by atoms with Gasteiger partial charge in [0.25, 0.3) is 0 Å². The van der Waals surface area contributed by atoms with Crippen molar-refractivity contribution < 1.29 is 0 Å². The Hall–Kier alpha value is -6.38. The molecular formula is C47H32N2. The molecule has 0 spiro atoms. The Morgan fingerprint density at radius 3 is 1.53 bits per heavy atom. The molecule has 9 aromatic rings. The van der Waals surface area contributed by atoms with Crippen molar-refractivity contribution in [3.05, 3.63) is 176 Å². The van der Waals surface area contributed by atoms with Crippen molar-refractivity contribution in [2.45, 2.75) is 6.92 Å². The lowest BCUT2D eigenvalue weighted by molar-refractivity contribution is 1.18. The number of hydrogen-bond donors (Lipinski definition) is 0. The zero-order valence-electron chi connectivity index (χ0n) is 27.1. The number of hydrogen-bond acceptors (Lipinski definition) is 2. The average Bonchev–Trinajstić information content (AvgIpc) is 3.17. The Kier molecular flexibility index (Phi) is 7.06. The molecule has 230 valence electrons. The van der Waals surface area contributed by atoms with E-state index in [0.29, 0.717) is 0 Å². The highest BCUT2D eigenvalue weighted by atomic mass is 14.9. The Balaban J connectivity index is 1.09. The number of benzene rings is 8. The van der Waals surface area contributed by atoms with Gasteiger partial charge in [-0.3, -0.25) is 0 Å². The molecule has 1 heterocycles. The average molecular weight is 625 g/mol. The molecule has 0 saturated heterocycles. The van der Waals surface area contributed by atoms with Gasteiger partial charge in [0.1, 0.15) is 0 Å². The quantitative estimate of drug-likeness (QED) is 0.141. The summed E-state index contributed by atoms with van der Waals surface area (Å²) in [6.07, 6.45) is 7.95. The molecule has 0 unspecified atom stereocenters. The van der Waals surface area contributed by atoms with Crippen molar-refractivity contribution >= 4 is 49.2 Å². The Morgan fingerprint density at radius 2 is 0.918 bits per heavy atom. The monoisotopic (exact) mass is 624 g/mol. The largest absolute Gasteiger partial charge is 0.237 e. The summed E-state index contributed by atoms with van der Waals surface area (Å²) < 4.78 is 0. The Labute approximate surface area is 285 Å². The molecule has 2 nitrogen and oxygen atoms in total. The zero-order valence-corrected chi connectivity index (χ0v) is 27.1. The fourth-order valence-electron chi connectivity index (χ4n) is 7.43. The first-order valence-corrected chi connectivity index (χ1v) is 16.8. The van der Waals surface area contributed by atoms with E-state index in [1.807, 2.05) is 18.5 Å². The van der Waals surface area contributed by atoms with E-state index in [2.05, 4.69) is 175 Å². The molecule has 0 aliphatic rings. The lowest BCUT2D eigenvalue weighted by Gasteiger charge is -2.17. The lowest BCUT2D eigenvalue weighted by Crippen LogP contribution is -1.93. The van der Waals surface area contributed by atoms with Crippen molar-refractivity contribution in [1.82, 2.24) is 9.97 Å². The zero-order chi connectivity index (χ0) is 32.7. The molecule has 8 aromatic carbocycles. The first-order chi connectivity index (χ1) is 24.3. The van der Waals surface area contributed by atoms with E-state index in [-0.39, 0.29) is 0 Å². The molecule has 0 radical (unpaired) electrons. The third-order valence-corrected chi connectivity index (χ3v) is 9.69. The van der Waals surface area contributed by atoms with E-state index in [9.17, 15) is 0 Å². The fourth-order valence-corrected chi connectivity index (χ4v) is 7.43. The maximum absolute atomic E-state index is 4.64. The van der Waals surface area contributed by atoms with Crippen LogP contribution in [0.2, 0.25) is 0 Å². The van der Waals surface area contributed by atoms with Crippen LogP contribution in [-0.2, 0) is 0 Å². The van der Waals surface area contributed by atoms with E-state index < -0.39 is 0 Å². The van der Waals surface area contributed by atoms with Gasteiger partial charge in [-0.25, -0.2) is 9.97 Å². The van der Waals surface area contributed by atoms with Crippen LogP contribution in [0.3, 0.4) is 0 Å². The highest BCUT2D eigenvalue weighted by Gasteiger charge is 2.17. The molecule has 0 bridgehead atoms. The molecule has 1 aromatic heterocycles.